The quantitative estimate of drug-likeness (QED) is 0.768. The van der Waals surface area contributed by atoms with Crippen LogP contribution < -0.4 is 10.9 Å². The second-order valence-electron chi connectivity index (χ2n) is 6.78. The molecule has 3 aliphatic rings. The highest BCUT2D eigenvalue weighted by Gasteiger charge is 2.56. The van der Waals surface area contributed by atoms with Gasteiger partial charge in [-0.05, 0) is 31.3 Å². The first-order chi connectivity index (χ1) is 12.2. The zero-order chi connectivity index (χ0) is 17.2. The van der Waals surface area contributed by atoms with Gasteiger partial charge < -0.3 is 15.2 Å². The average Bonchev–Trinajstić information content (AvgIpc) is 3.34. The molecule has 0 bridgehead atoms. The van der Waals surface area contributed by atoms with Crippen molar-refractivity contribution in [2.24, 2.45) is 0 Å². The Bertz CT molecular complexity index is 1030. The average molecular weight is 337 g/mol. The van der Waals surface area contributed by atoms with Crippen LogP contribution in [-0.2, 0) is 5.54 Å². The van der Waals surface area contributed by atoms with Gasteiger partial charge >= 0.3 is 6.03 Å². The second-order valence-corrected chi connectivity index (χ2v) is 6.78. The number of aromatic amines is 1. The van der Waals surface area contributed by atoms with Gasteiger partial charge in [0.2, 0.25) is 5.65 Å². The fourth-order valence-electron chi connectivity index (χ4n) is 4.79. The highest BCUT2D eigenvalue weighted by atomic mass is 16.2. The molecule has 0 radical (unpaired) electrons. The number of carbonyl (C=O) groups excluding carboxylic acids is 1. The van der Waals surface area contributed by atoms with Gasteiger partial charge in [0.05, 0.1) is 11.4 Å². The third-order valence-corrected chi connectivity index (χ3v) is 5.66. The molecule has 1 spiro atoms. The zero-order valence-corrected chi connectivity index (χ0v) is 14.0. The summed E-state index contributed by atoms with van der Waals surface area (Å²) >= 11 is 0. The minimum absolute atomic E-state index is 0.0874. The Labute approximate surface area is 144 Å². The molecule has 2 aromatic heterocycles. The van der Waals surface area contributed by atoms with E-state index in [9.17, 15) is 9.59 Å². The number of carbonyl (C=O) groups is 1. The molecule has 0 saturated carbocycles. The number of hydrogen-bond acceptors (Lipinski definition) is 3. The van der Waals surface area contributed by atoms with Crippen LogP contribution in [0.25, 0.3) is 11.2 Å². The largest absolute Gasteiger partial charge is 0.341 e. The summed E-state index contributed by atoms with van der Waals surface area (Å²) in [6.07, 6.45) is 11.5. The fourth-order valence-corrected chi connectivity index (χ4v) is 4.79. The number of nitrogens with zero attached hydrogens (tertiary/aromatic N) is 3. The number of nitrogens with one attached hydrogen (secondary N) is 2. The maximum Gasteiger partial charge on any atom is 0.318 e. The van der Waals surface area contributed by atoms with Crippen molar-refractivity contribution in [3.8, 4) is 0 Å². The molecule has 25 heavy (non-hydrogen) atoms. The Hall–Kier alpha value is -2.83. The van der Waals surface area contributed by atoms with Crippen molar-refractivity contribution in [3.63, 3.8) is 0 Å². The van der Waals surface area contributed by atoms with Crippen molar-refractivity contribution in [1.29, 1.82) is 0 Å². The number of hydrogen-bond donors (Lipinski definition) is 2. The van der Waals surface area contributed by atoms with Gasteiger partial charge in [0.25, 0.3) is 5.56 Å². The van der Waals surface area contributed by atoms with E-state index in [4.69, 9.17) is 0 Å². The first-order valence-corrected chi connectivity index (χ1v) is 8.69. The van der Waals surface area contributed by atoms with Gasteiger partial charge in [0.15, 0.2) is 0 Å². The number of H-pyrrole nitrogens is 1. The van der Waals surface area contributed by atoms with Crippen LogP contribution in [0.4, 0.5) is 4.79 Å². The number of rotatable bonds is 0. The third kappa shape index (κ3) is 1.63. The van der Waals surface area contributed by atoms with Crippen LogP contribution in [0.2, 0.25) is 0 Å². The molecule has 1 fully saturated rings. The fraction of sp³-hybridized carbons (Fsp3) is 0.389. The van der Waals surface area contributed by atoms with E-state index in [2.05, 4.69) is 27.4 Å². The molecule has 128 valence electrons. The van der Waals surface area contributed by atoms with Crippen molar-refractivity contribution in [3.05, 3.63) is 51.9 Å². The molecule has 5 rings (SSSR count). The lowest BCUT2D eigenvalue weighted by atomic mass is 9.84. The molecule has 1 aliphatic heterocycles. The summed E-state index contributed by atoms with van der Waals surface area (Å²) in [7, 11) is 1.66. The van der Waals surface area contributed by atoms with Crippen LogP contribution in [0.1, 0.15) is 37.1 Å². The van der Waals surface area contributed by atoms with E-state index in [1.807, 2.05) is 15.5 Å². The molecule has 1 saturated heterocycles. The Balaban J connectivity index is 1.91. The van der Waals surface area contributed by atoms with E-state index in [0.29, 0.717) is 12.2 Å². The smallest absolute Gasteiger partial charge is 0.318 e. The molecule has 1 atom stereocenters. The Kier molecular flexibility index (Phi) is 2.81. The van der Waals surface area contributed by atoms with Gasteiger partial charge in [-0.25, -0.2) is 9.78 Å². The number of amides is 2. The van der Waals surface area contributed by atoms with E-state index in [1.54, 1.807) is 13.2 Å². The number of fused-ring (bicyclic) bond motifs is 7. The zero-order valence-electron chi connectivity index (χ0n) is 14.0. The third-order valence-electron chi connectivity index (χ3n) is 5.66. The molecule has 0 aromatic carbocycles. The van der Waals surface area contributed by atoms with Crippen molar-refractivity contribution >= 4 is 17.3 Å². The van der Waals surface area contributed by atoms with Gasteiger partial charge in [-0.3, -0.25) is 9.20 Å². The van der Waals surface area contributed by atoms with E-state index in [0.717, 1.165) is 48.2 Å². The van der Waals surface area contributed by atoms with Gasteiger partial charge in [-0.2, -0.15) is 0 Å². The van der Waals surface area contributed by atoms with E-state index in [1.165, 1.54) is 0 Å². The minimum Gasteiger partial charge on any atom is -0.341 e. The van der Waals surface area contributed by atoms with E-state index in [-0.39, 0.29) is 11.6 Å². The number of urea groups is 1. The van der Waals surface area contributed by atoms with Crippen LogP contribution in [-0.4, -0.2) is 38.9 Å². The van der Waals surface area contributed by atoms with E-state index < -0.39 is 5.54 Å². The van der Waals surface area contributed by atoms with Crippen molar-refractivity contribution in [1.82, 2.24) is 24.6 Å². The SMILES string of the molecule is CNC(=O)N1CCCC12C1=CCCC=C1c1[nH]c(=O)c3nccn3c12. The predicted octanol–water partition coefficient (Wildman–Crippen LogP) is 1.77. The maximum absolute atomic E-state index is 12.7. The maximum atomic E-state index is 12.7. The molecule has 1 unspecified atom stereocenters. The summed E-state index contributed by atoms with van der Waals surface area (Å²) in [6.45, 7) is 0.694. The number of imidazole rings is 1. The van der Waals surface area contributed by atoms with Gasteiger partial charge in [0.1, 0.15) is 5.54 Å². The molecule has 2 amide bonds. The summed E-state index contributed by atoms with van der Waals surface area (Å²) in [5, 5.41) is 2.78. The Morgan fingerprint density at radius 2 is 2.20 bits per heavy atom. The molecule has 2 aromatic rings. The van der Waals surface area contributed by atoms with Crippen molar-refractivity contribution in [2.45, 2.75) is 31.2 Å². The molecule has 3 heterocycles. The van der Waals surface area contributed by atoms with Gasteiger partial charge in [0, 0.05) is 31.6 Å². The van der Waals surface area contributed by atoms with Crippen LogP contribution in [0.5, 0.6) is 0 Å². The predicted molar refractivity (Wildman–Crippen MR) is 93.2 cm³/mol. The second kappa shape index (κ2) is 4.84. The molecule has 2 aliphatic carbocycles. The monoisotopic (exact) mass is 337 g/mol. The lowest BCUT2D eigenvalue weighted by Crippen LogP contribution is -2.49. The first kappa shape index (κ1) is 14.5. The first-order valence-electron chi connectivity index (χ1n) is 8.69. The minimum atomic E-state index is -0.537. The summed E-state index contributed by atoms with van der Waals surface area (Å²) in [5.74, 6) is 0. The van der Waals surface area contributed by atoms with Crippen molar-refractivity contribution < 1.29 is 4.79 Å². The molecule has 7 heteroatoms. The van der Waals surface area contributed by atoms with Crippen LogP contribution >= 0.6 is 0 Å². The topological polar surface area (TPSA) is 82.5 Å². The lowest BCUT2D eigenvalue weighted by molar-refractivity contribution is 0.167. The number of allylic oxidation sites excluding steroid dienone is 2. The normalized spacial score (nSPS) is 24.3. The number of likely N-dealkylation sites (tertiary alicyclic amines) is 1. The molecule has 2 N–H and O–H groups in total. The van der Waals surface area contributed by atoms with Gasteiger partial charge in [-0.1, -0.05) is 12.2 Å². The summed E-state index contributed by atoms with van der Waals surface area (Å²) < 4.78 is 1.87. The van der Waals surface area contributed by atoms with Crippen LogP contribution in [0.3, 0.4) is 0 Å². The standard InChI is InChI=1S/C18H19N5O2/c1-19-17(25)23-9-4-7-18(23)12-6-3-2-5-11(12)13-14(18)22-10-8-20-15(22)16(24)21-13/h5-6,8,10H,2-4,7,9H2,1H3,(H,19,25)(H,21,24). The van der Waals surface area contributed by atoms with Crippen molar-refractivity contribution in [2.75, 3.05) is 13.6 Å². The van der Waals surface area contributed by atoms with Crippen LogP contribution in [0, 0.1) is 0 Å². The molecular weight excluding hydrogens is 318 g/mol. The Morgan fingerprint density at radius 3 is 3.04 bits per heavy atom. The van der Waals surface area contributed by atoms with E-state index >= 15 is 0 Å². The summed E-state index contributed by atoms with van der Waals surface area (Å²) in [6, 6.07) is -0.0874. The lowest BCUT2D eigenvalue weighted by Gasteiger charge is -2.37. The number of aromatic nitrogens is 3. The van der Waals surface area contributed by atoms with Crippen LogP contribution in [0.15, 0.2) is 34.9 Å². The highest BCUT2D eigenvalue weighted by Crippen LogP contribution is 2.56. The Morgan fingerprint density at radius 1 is 1.36 bits per heavy atom. The molecular formula is C18H19N5O2. The summed E-state index contributed by atoms with van der Waals surface area (Å²) in [4.78, 5) is 34.3. The highest BCUT2D eigenvalue weighted by molar-refractivity contribution is 5.91. The van der Waals surface area contributed by atoms with Gasteiger partial charge in [-0.15, -0.1) is 0 Å². The summed E-state index contributed by atoms with van der Waals surface area (Å²) in [5.41, 5.74) is 3.64. The molecule has 7 nitrogen and oxygen atoms in total.